The number of piperidine rings is 1. The molecule has 0 saturated carbocycles. The zero-order chi connectivity index (χ0) is 11.5. The molecule has 2 atom stereocenters. The maximum Gasteiger partial charge on any atom is 0.214 e. The van der Waals surface area contributed by atoms with Crippen LogP contribution in [0, 0.1) is 5.92 Å². The molecule has 0 aromatic carbocycles. The third-order valence-electron chi connectivity index (χ3n) is 3.13. The summed E-state index contributed by atoms with van der Waals surface area (Å²) < 4.78 is 25.6. The Morgan fingerprint density at radius 1 is 1.44 bits per heavy atom. The number of nitrogens with zero attached hydrogens (tertiary/aromatic N) is 1. The van der Waals surface area contributed by atoms with Gasteiger partial charge in [0, 0.05) is 19.1 Å². The predicted molar refractivity (Wildman–Crippen MR) is 69.3 cm³/mol. The van der Waals surface area contributed by atoms with E-state index in [2.05, 4.69) is 6.92 Å². The van der Waals surface area contributed by atoms with Crippen LogP contribution in [-0.2, 0) is 10.0 Å². The maximum absolute atomic E-state index is 12.0. The van der Waals surface area contributed by atoms with Crippen molar-refractivity contribution in [3.63, 3.8) is 0 Å². The number of hydrogen-bond donors (Lipinski definition) is 1. The second-order valence-corrected chi connectivity index (χ2v) is 6.39. The van der Waals surface area contributed by atoms with Crippen LogP contribution in [0.4, 0.5) is 0 Å². The van der Waals surface area contributed by atoms with Gasteiger partial charge in [-0.2, -0.15) is 4.31 Å². The van der Waals surface area contributed by atoms with Gasteiger partial charge in [0.2, 0.25) is 10.0 Å². The zero-order valence-electron chi connectivity index (χ0n) is 10.1. The minimum absolute atomic E-state index is 0. The quantitative estimate of drug-likeness (QED) is 0.835. The fourth-order valence-corrected chi connectivity index (χ4v) is 4.15. The Bertz CT molecular complexity index is 295. The Kier molecular flexibility index (Phi) is 6.86. The third-order valence-corrected chi connectivity index (χ3v) is 5.22. The van der Waals surface area contributed by atoms with E-state index in [9.17, 15) is 8.42 Å². The molecular formula is C10H23ClN2O2S. The van der Waals surface area contributed by atoms with Gasteiger partial charge < -0.3 is 5.73 Å². The summed E-state index contributed by atoms with van der Waals surface area (Å²) in [6.07, 6.45) is 2.71. The van der Waals surface area contributed by atoms with Crippen molar-refractivity contribution >= 4 is 22.4 Å². The lowest BCUT2D eigenvalue weighted by Gasteiger charge is -2.38. The molecule has 6 heteroatoms. The number of rotatable bonds is 4. The second-order valence-electron chi connectivity index (χ2n) is 4.35. The molecule has 1 rings (SSSR count). The summed E-state index contributed by atoms with van der Waals surface area (Å²) in [6.45, 7) is 5.06. The van der Waals surface area contributed by atoms with Gasteiger partial charge in [0.1, 0.15) is 0 Å². The Morgan fingerprint density at radius 2 is 2.06 bits per heavy atom. The first-order valence-electron chi connectivity index (χ1n) is 5.72. The molecule has 2 N–H and O–H groups in total. The van der Waals surface area contributed by atoms with Gasteiger partial charge in [0.25, 0.3) is 0 Å². The summed E-state index contributed by atoms with van der Waals surface area (Å²) in [7, 11) is -3.07. The van der Waals surface area contributed by atoms with Gasteiger partial charge in [0.15, 0.2) is 0 Å². The minimum Gasteiger partial charge on any atom is -0.329 e. The summed E-state index contributed by atoms with van der Waals surface area (Å²) in [5.41, 5.74) is 5.67. The summed E-state index contributed by atoms with van der Waals surface area (Å²) >= 11 is 0. The summed E-state index contributed by atoms with van der Waals surface area (Å²) in [5, 5.41) is 0. The number of sulfonamides is 1. The Labute approximate surface area is 105 Å². The zero-order valence-corrected chi connectivity index (χ0v) is 11.7. The Morgan fingerprint density at radius 3 is 2.56 bits per heavy atom. The van der Waals surface area contributed by atoms with Crippen molar-refractivity contribution in [2.75, 3.05) is 18.8 Å². The van der Waals surface area contributed by atoms with Crippen LogP contribution in [0.2, 0.25) is 0 Å². The molecule has 1 aliphatic rings. The monoisotopic (exact) mass is 270 g/mol. The molecule has 0 aromatic heterocycles. The van der Waals surface area contributed by atoms with Crippen LogP contribution >= 0.6 is 12.4 Å². The molecule has 16 heavy (non-hydrogen) atoms. The molecule has 0 spiro atoms. The first-order chi connectivity index (χ1) is 7.03. The Hall–Kier alpha value is 0.160. The standard InChI is InChI=1S/C10H22N2O2S.ClH/c1-3-7-15(13,14)12-6-4-5-9(2)10(12)8-11;/h9-10H,3-8,11H2,1-2H3;1H. The van der Waals surface area contributed by atoms with E-state index in [1.807, 2.05) is 6.92 Å². The largest absolute Gasteiger partial charge is 0.329 e. The Balaban J connectivity index is 0.00000225. The molecule has 0 aromatic rings. The molecule has 1 saturated heterocycles. The highest BCUT2D eigenvalue weighted by atomic mass is 35.5. The summed E-state index contributed by atoms with van der Waals surface area (Å²) in [6, 6.07) is 0.00954. The number of hydrogen-bond acceptors (Lipinski definition) is 3. The van der Waals surface area contributed by atoms with Crippen molar-refractivity contribution < 1.29 is 8.42 Å². The molecule has 2 unspecified atom stereocenters. The van der Waals surface area contributed by atoms with Crippen LogP contribution in [0.5, 0.6) is 0 Å². The summed E-state index contributed by atoms with van der Waals surface area (Å²) in [5.74, 6) is 0.631. The second kappa shape index (κ2) is 6.79. The van der Waals surface area contributed by atoms with Crippen LogP contribution in [0.25, 0.3) is 0 Å². The van der Waals surface area contributed by atoms with E-state index < -0.39 is 10.0 Å². The molecule has 1 aliphatic heterocycles. The highest BCUT2D eigenvalue weighted by Gasteiger charge is 2.34. The van der Waals surface area contributed by atoms with Gasteiger partial charge in [-0.15, -0.1) is 12.4 Å². The number of halogens is 1. The minimum atomic E-state index is -3.07. The normalized spacial score (nSPS) is 27.4. The fraction of sp³-hybridized carbons (Fsp3) is 1.00. The fourth-order valence-electron chi connectivity index (χ4n) is 2.28. The van der Waals surface area contributed by atoms with E-state index in [-0.39, 0.29) is 24.2 Å². The van der Waals surface area contributed by atoms with Crippen molar-refractivity contribution in [3.05, 3.63) is 0 Å². The first-order valence-corrected chi connectivity index (χ1v) is 7.33. The number of nitrogens with two attached hydrogens (primary N) is 1. The van der Waals surface area contributed by atoms with Crippen LogP contribution in [0.15, 0.2) is 0 Å². The van der Waals surface area contributed by atoms with Crippen LogP contribution in [-0.4, -0.2) is 37.6 Å². The first kappa shape index (κ1) is 16.2. The van der Waals surface area contributed by atoms with E-state index in [1.54, 1.807) is 4.31 Å². The van der Waals surface area contributed by atoms with Gasteiger partial charge in [-0.3, -0.25) is 0 Å². The van der Waals surface area contributed by atoms with Crippen LogP contribution in [0.3, 0.4) is 0 Å². The van der Waals surface area contributed by atoms with Gasteiger partial charge in [-0.25, -0.2) is 8.42 Å². The molecular weight excluding hydrogens is 248 g/mol. The van der Waals surface area contributed by atoms with Crippen molar-refractivity contribution in [1.29, 1.82) is 0 Å². The summed E-state index contributed by atoms with van der Waals surface area (Å²) in [4.78, 5) is 0. The SMILES string of the molecule is CCCS(=O)(=O)N1CCCC(C)C1CN.Cl. The van der Waals surface area contributed by atoms with Gasteiger partial charge in [0.05, 0.1) is 5.75 Å². The lowest BCUT2D eigenvalue weighted by atomic mass is 9.93. The van der Waals surface area contributed by atoms with Crippen LogP contribution in [0.1, 0.15) is 33.1 Å². The van der Waals surface area contributed by atoms with Gasteiger partial charge >= 0.3 is 0 Å². The highest BCUT2D eigenvalue weighted by Crippen LogP contribution is 2.25. The van der Waals surface area contributed by atoms with Crippen molar-refractivity contribution in [2.24, 2.45) is 11.7 Å². The van der Waals surface area contributed by atoms with E-state index in [1.165, 1.54) is 0 Å². The maximum atomic E-state index is 12.0. The van der Waals surface area contributed by atoms with E-state index in [4.69, 9.17) is 5.73 Å². The lowest BCUT2D eigenvalue weighted by Crippen LogP contribution is -2.51. The van der Waals surface area contributed by atoms with Gasteiger partial charge in [-0.1, -0.05) is 13.8 Å². The van der Waals surface area contributed by atoms with Crippen molar-refractivity contribution in [1.82, 2.24) is 4.31 Å². The molecule has 1 heterocycles. The topological polar surface area (TPSA) is 63.4 Å². The molecule has 0 amide bonds. The van der Waals surface area contributed by atoms with Crippen LogP contribution < -0.4 is 5.73 Å². The average Bonchev–Trinajstić information content (AvgIpc) is 2.17. The van der Waals surface area contributed by atoms with Gasteiger partial charge in [-0.05, 0) is 25.2 Å². The molecule has 0 radical (unpaired) electrons. The van der Waals surface area contributed by atoms with Crippen molar-refractivity contribution in [2.45, 2.75) is 39.2 Å². The highest BCUT2D eigenvalue weighted by molar-refractivity contribution is 7.89. The molecule has 0 aliphatic carbocycles. The van der Waals surface area contributed by atoms with Crippen molar-refractivity contribution in [3.8, 4) is 0 Å². The molecule has 1 fully saturated rings. The molecule has 4 nitrogen and oxygen atoms in total. The van der Waals surface area contributed by atoms with E-state index in [0.29, 0.717) is 25.4 Å². The smallest absolute Gasteiger partial charge is 0.214 e. The third kappa shape index (κ3) is 3.58. The molecule has 0 bridgehead atoms. The molecule has 98 valence electrons. The predicted octanol–water partition coefficient (Wildman–Crippen LogP) is 1.21. The van der Waals surface area contributed by atoms with E-state index in [0.717, 1.165) is 12.8 Å². The van der Waals surface area contributed by atoms with E-state index >= 15 is 0 Å². The average molecular weight is 271 g/mol. The lowest BCUT2D eigenvalue weighted by molar-refractivity contribution is 0.192.